The van der Waals surface area contributed by atoms with Crippen LogP contribution < -0.4 is 14.2 Å². The first-order valence-electron chi connectivity index (χ1n) is 10.0. The van der Waals surface area contributed by atoms with E-state index < -0.39 is 5.97 Å². The Bertz CT molecular complexity index is 1150. The van der Waals surface area contributed by atoms with E-state index in [-0.39, 0.29) is 6.42 Å². The number of esters is 1. The van der Waals surface area contributed by atoms with Crippen LogP contribution >= 0.6 is 11.6 Å². The van der Waals surface area contributed by atoms with Gasteiger partial charge in [0, 0.05) is 5.02 Å². The van der Waals surface area contributed by atoms with Gasteiger partial charge in [-0.3, -0.25) is 4.79 Å². The third kappa shape index (κ3) is 6.13. The molecule has 0 N–H and O–H groups in total. The summed E-state index contributed by atoms with van der Waals surface area (Å²) in [6, 6.07) is 21.7. The van der Waals surface area contributed by atoms with Crippen LogP contribution in [0, 0.1) is 11.3 Å². The first-order chi connectivity index (χ1) is 15.5. The molecule has 0 heterocycles. The Balaban J connectivity index is 1.73. The van der Waals surface area contributed by atoms with E-state index >= 15 is 0 Å². The van der Waals surface area contributed by atoms with Gasteiger partial charge in [-0.05, 0) is 66.1 Å². The van der Waals surface area contributed by atoms with Crippen LogP contribution in [0.3, 0.4) is 0 Å². The summed E-state index contributed by atoms with van der Waals surface area (Å²) in [6.07, 6.45) is 1.85. The van der Waals surface area contributed by atoms with Crippen molar-refractivity contribution in [1.29, 1.82) is 5.26 Å². The smallest absolute Gasteiger partial charge is 0.315 e. The molecule has 0 fully saturated rings. The molecule has 0 unspecified atom stereocenters. The van der Waals surface area contributed by atoms with Gasteiger partial charge < -0.3 is 14.2 Å². The lowest BCUT2D eigenvalue weighted by Gasteiger charge is -2.11. The summed E-state index contributed by atoms with van der Waals surface area (Å²) >= 11 is 5.92. The SMILES string of the molecule is CCOc1ccc(CC(=O)Oc2ccc(/C=C(/C#N)c3ccc(Cl)cc3)cc2OC)cc1. The summed E-state index contributed by atoms with van der Waals surface area (Å²) in [7, 11) is 1.50. The second-order valence-corrected chi connectivity index (χ2v) is 7.25. The van der Waals surface area contributed by atoms with Crippen LogP contribution in [-0.2, 0) is 11.2 Å². The minimum Gasteiger partial charge on any atom is -0.494 e. The molecule has 0 aliphatic rings. The largest absolute Gasteiger partial charge is 0.494 e. The second-order valence-electron chi connectivity index (χ2n) is 6.81. The molecule has 162 valence electrons. The first-order valence-corrected chi connectivity index (χ1v) is 10.4. The molecule has 0 spiro atoms. The summed E-state index contributed by atoms with van der Waals surface area (Å²) in [4.78, 5) is 12.4. The Morgan fingerprint density at radius 3 is 2.38 bits per heavy atom. The topological polar surface area (TPSA) is 68.5 Å². The minimum absolute atomic E-state index is 0.117. The minimum atomic E-state index is -0.408. The summed E-state index contributed by atoms with van der Waals surface area (Å²) in [5.74, 6) is 1.05. The summed E-state index contributed by atoms with van der Waals surface area (Å²) in [5, 5.41) is 10.1. The predicted octanol–water partition coefficient (Wildman–Crippen LogP) is 5.96. The maximum atomic E-state index is 12.4. The third-order valence-corrected chi connectivity index (χ3v) is 4.83. The average Bonchev–Trinajstić information content (AvgIpc) is 2.80. The zero-order chi connectivity index (χ0) is 22.9. The lowest BCUT2D eigenvalue weighted by atomic mass is 10.0. The Hall–Kier alpha value is -3.75. The zero-order valence-corrected chi connectivity index (χ0v) is 18.6. The fraction of sp³-hybridized carbons (Fsp3) is 0.154. The Morgan fingerprint density at radius 1 is 1.03 bits per heavy atom. The van der Waals surface area contributed by atoms with Gasteiger partial charge in [0.05, 0.1) is 31.8 Å². The first kappa shape index (κ1) is 22.9. The molecule has 0 saturated heterocycles. The number of carbonyl (C=O) groups is 1. The number of hydrogen-bond acceptors (Lipinski definition) is 5. The fourth-order valence-corrected chi connectivity index (χ4v) is 3.16. The number of nitriles is 1. The second kappa shape index (κ2) is 11.0. The van der Waals surface area contributed by atoms with E-state index in [0.29, 0.717) is 28.7 Å². The average molecular weight is 448 g/mol. The number of rotatable bonds is 8. The van der Waals surface area contributed by atoms with Gasteiger partial charge in [0.15, 0.2) is 11.5 Å². The molecular formula is C26H22ClNO4. The van der Waals surface area contributed by atoms with Gasteiger partial charge in [0.1, 0.15) is 5.75 Å². The van der Waals surface area contributed by atoms with Crippen LogP contribution in [0.1, 0.15) is 23.6 Å². The number of benzene rings is 3. The number of halogens is 1. The molecule has 0 aliphatic carbocycles. The molecule has 5 nitrogen and oxygen atoms in total. The van der Waals surface area contributed by atoms with Gasteiger partial charge in [-0.25, -0.2) is 0 Å². The van der Waals surface area contributed by atoms with Crippen molar-refractivity contribution in [3.63, 3.8) is 0 Å². The zero-order valence-electron chi connectivity index (χ0n) is 17.8. The van der Waals surface area contributed by atoms with Crippen molar-refractivity contribution in [3.8, 4) is 23.3 Å². The molecule has 3 rings (SSSR count). The molecule has 0 atom stereocenters. The molecule has 0 radical (unpaired) electrons. The maximum Gasteiger partial charge on any atom is 0.315 e. The van der Waals surface area contributed by atoms with E-state index in [4.69, 9.17) is 25.8 Å². The number of allylic oxidation sites excluding steroid dienone is 1. The Kier molecular flexibility index (Phi) is 7.91. The molecule has 0 amide bonds. The number of ether oxygens (including phenoxy) is 3. The van der Waals surface area contributed by atoms with Crippen molar-refractivity contribution in [2.24, 2.45) is 0 Å². The van der Waals surface area contributed by atoms with Crippen LogP contribution in [-0.4, -0.2) is 19.7 Å². The van der Waals surface area contributed by atoms with Crippen LogP contribution in [0.25, 0.3) is 11.6 Å². The van der Waals surface area contributed by atoms with Crippen molar-refractivity contribution in [1.82, 2.24) is 0 Å². The molecule has 32 heavy (non-hydrogen) atoms. The molecular weight excluding hydrogens is 426 g/mol. The number of hydrogen-bond donors (Lipinski definition) is 0. The van der Waals surface area contributed by atoms with E-state index in [9.17, 15) is 10.1 Å². The molecule has 0 bridgehead atoms. The molecule has 6 heteroatoms. The quantitative estimate of drug-likeness (QED) is 0.184. The highest BCUT2D eigenvalue weighted by molar-refractivity contribution is 6.30. The summed E-state index contributed by atoms with van der Waals surface area (Å²) in [6.45, 7) is 2.50. The maximum absolute atomic E-state index is 12.4. The van der Waals surface area contributed by atoms with Gasteiger partial charge in [-0.15, -0.1) is 0 Å². The molecule has 3 aromatic carbocycles. The van der Waals surface area contributed by atoms with Crippen LogP contribution in [0.4, 0.5) is 0 Å². The predicted molar refractivity (Wildman–Crippen MR) is 125 cm³/mol. The third-order valence-electron chi connectivity index (χ3n) is 4.58. The van der Waals surface area contributed by atoms with Gasteiger partial charge in [-0.2, -0.15) is 5.26 Å². The van der Waals surface area contributed by atoms with E-state index in [1.54, 1.807) is 48.5 Å². The van der Waals surface area contributed by atoms with Crippen LogP contribution in [0.2, 0.25) is 5.02 Å². The van der Waals surface area contributed by atoms with Gasteiger partial charge >= 0.3 is 5.97 Å². The Labute approximate surface area is 192 Å². The van der Waals surface area contributed by atoms with E-state index in [2.05, 4.69) is 6.07 Å². The van der Waals surface area contributed by atoms with Gasteiger partial charge in [-0.1, -0.05) is 41.9 Å². The monoisotopic (exact) mass is 447 g/mol. The van der Waals surface area contributed by atoms with E-state index in [1.165, 1.54) is 7.11 Å². The van der Waals surface area contributed by atoms with Crippen LogP contribution in [0.5, 0.6) is 17.2 Å². The Morgan fingerprint density at radius 2 is 1.75 bits per heavy atom. The molecule has 0 aliphatic heterocycles. The van der Waals surface area contributed by atoms with Crippen molar-refractivity contribution in [2.45, 2.75) is 13.3 Å². The summed E-state index contributed by atoms with van der Waals surface area (Å²) in [5.41, 5.74) is 2.78. The standard InChI is InChI=1S/C26H22ClNO4/c1-3-31-23-11-4-18(5-12-23)16-26(29)32-24-13-6-19(15-25(24)30-2)14-21(17-28)20-7-9-22(27)10-8-20/h4-15H,3,16H2,1-2H3/b21-14-. The van der Waals surface area contributed by atoms with Crippen molar-refractivity contribution < 1.29 is 19.0 Å². The highest BCUT2D eigenvalue weighted by atomic mass is 35.5. The van der Waals surface area contributed by atoms with Crippen molar-refractivity contribution >= 4 is 29.2 Å². The number of nitrogens with zero attached hydrogens (tertiary/aromatic N) is 1. The van der Waals surface area contributed by atoms with Gasteiger partial charge in [0.2, 0.25) is 0 Å². The molecule has 0 saturated carbocycles. The lowest BCUT2D eigenvalue weighted by molar-refractivity contribution is -0.133. The number of methoxy groups -OCH3 is 1. The van der Waals surface area contributed by atoms with Gasteiger partial charge in [0.25, 0.3) is 0 Å². The molecule has 3 aromatic rings. The molecule has 0 aromatic heterocycles. The van der Waals surface area contributed by atoms with Crippen LogP contribution in [0.15, 0.2) is 66.7 Å². The highest BCUT2D eigenvalue weighted by Crippen LogP contribution is 2.30. The lowest BCUT2D eigenvalue weighted by Crippen LogP contribution is -2.12. The van der Waals surface area contributed by atoms with E-state index in [1.807, 2.05) is 31.2 Å². The number of carbonyl (C=O) groups excluding carboxylic acids is 1. The van der Waals surface area contributed by atoms with Crippen molar-refractivity contribution in [2.75, 3.05) is 13.7 Å². The highest BCUT2D eigenvalue weighted by Gasteiger charge is 2.12. The van der Waals surface area contributed by atoms with E-state index in [0.717, 1.165) is 22.4 Å². The fourth-order valence-electron chi connectivity index (χ4n) is 3.03. The normalized spacial score (nSPS) is 10.9. The van der Waals surface area contributed by atoms with Crippen molar-refractivity contribution in [3.05, 3.63) is 88.4 Å². The summed E-state index contributed by atoms with van der Waals surface area (Å²) < 4.78 is 16.3.